The Hall–Kier alpha value is -2.58. The zero-order valence-electron chi connectivity index (χ0n) is 24.5. The van der Waals surface area contributed by atoms with Gasteiger partial charge >= 0.3 is 0 Å². The molecule has 2 aromatic carbocycles. The van der Waals surface area contributed by atoms with Crippen molar-refractivity contribution in [1.29, 1.82) is 0 Å². The van der Waals surface area contributed by atoms with Gasteiger partial charge in [0, 0.05) is 61.3 Å². The molecular formula is C32H45ClN4O3. The number of halogens is 1. The predicted molar refractivity (Wildman–Crippen MR) is 164 cm³/mol. The first-order valence-corrected chi connectivity index (χ1v) is 14.8. The number of unbranched alkanes of at least 4 members (excludes halogenated alkanes) is 2. The van der Waals surface area contributed by atoms with Gasteiger partial charge in [0.2, 0.25) is 5.91 Å². The van der Waals surface area contributed by atoms with Crippen molar-refractivity contribution in [1.82, 2.24) is 20.0 Å². The highest BCUT2D eigenvalue weighted by Gasteiger charge is 2.22. The Bertz CT molecular complexity index is 1220. The molecule has 8 heteroatoms. The topological polar surface area (TPSA) is 61.2 Å². The third-order valence-corrected chi connectivity index (χ3v) is 7.68. The highest BCUT2D eigenvalue weighted by Crippen LogP contribution is 2.33. The molecule has 0 radical (unpaired) electrons. The molecule has 3 aromatic rings. The second-order valence-corrected chi connectivity index (χ2v) is 12.5. The van der Waals surface area contributed by atoms with Gasteiger partial charge < -0.3 is 24.3 Å². The number of amides is 1. The molecule has 0 atom stereocenters. The Labute approximate surface area is 244 Å². The highest BCUT2D eigenvalue weighted by molar-refractivity contribution is 6.30. The molecule has 1 fully saturated rings. The van der Waals surface area contributed by atoms with Crippen LogP contribution in [-0.4, -0.2) is 93.7 Å². The number of benzene rings is 2. The predicted octanol–water partition coefficient (Wildman–Crippen LogP) is 5.62. The number of ether oxygens (including phenoxy) is 1. The van der Waals surface area contributed by atoms with Crippen LogP contribution in [0.5, 0.6) is 5.75 Å². The van der Waals surface area contributed by atoms with Crippen molar-refractivity contribution in [2.75, 3.05) is 73.1 Å². The molecule has 7 nitrogen and oxygen atoms in total. The summed E-state index contributed by atoms with van der Waals surface area (Å²) >= 11 is 6.02. The van der Waals surface area contributed by atoms with Crippen LogP contribution in [0.15, 0.2) is 53.1 Å². The minimum atomic E-state index is 0.0679. The van der Waals surface area contributed by atoms with Crippen molar-refractivity contribution in [2.24, 2.45) is 5.41 Å². The van der Waals surface area contributed by atoms with E-state index in [9.17, 15) is 4.79 Å². The molecule has 0 unspecified atom stereocenters. The number of rotatable bonds is 14. The maximum atomic E-state index is 12.4. The van der Waals surface area contributed by atoms with Gasteiger partial charge in [-0.25, -0.2) is 0 Å². The van der Waals surface area contributed by atoms with E-state index in [1.165, 1.54) is 0 Å². The summed E-state index contributed by atoms with van der Waals surface area (Å²) in [6.45, 7) is 12.3. The lowest BCUT2D eigenvalue weighted by molar-refractivity contribution is -0.123. The van der Waals surface area contributed by atoms with Crippen molar-refractivity contribution in [3.8, 4) is 16.9 Å². The van der Waals surface area contributed by atoms with Gasteiger partial charge in [0.15, 0.2) is 0 Å². The highest BCUT2D eigenvalue weighted by atomic mass is 35.5. The van der Waals surface area contributed by atoms with Crippen LogP contribution in [0.2, 0.25) is 5.02 Å². The van der Waals surface area contributed by atoms with Gasteiger partial charge in [-0.3, -0.25) is 9.69 Å². The lowest BCUT2D eigenvalue weighted by Crippen LogP contribution is -2.50. The zero-order valence-corrected chi connectivity index (χ0v) is 25.3. The third-order valence-electron chi connectivity index (χ3n) is 7.43. The minimum absolute atomic E-state index is 0.0679. The van der Waals surface area contributed by atoms with Crippen LogP contribution in [0.4, 0.5) is 0 Å². The van der Waals surface area contributed by atoms with Gasteiger partial charge in [-0.1, -0.05) is 37.6 Å². The molecule has 0 aliphatic carbocycles. The van der Waals surface area contributed by atoms with Crippen molar-refractivity contribution < 1.29 is 13.9 Å². The fourth-order valence-corrected chi connectivity index (χ4v) is 5.56. The fraction of sp³-hybridized carbons (Fsp3) is 0.531. The molecule has 1 amide bonds. The van der Waals surface area contributed by atoms with Crippen LogP contribution < -0.4 is 10.1 Å². The number of nitrogens with one attached hydrogen (secondary N) is 1. The van der Waals surface area contributed by atoms with E-state index in [1.54, 1.807) is 6.26 Å². The van der Waals surface area contributed by atoms with Gasteiger partial charge in [-0.2, -0.15) is 0 Å². The zero-order chi connectivity index (χ0) is 28.5. The Kier molecular flexibility index (Phi) is 10.9. The van der Waals surface area contributed by atoms with Gasteiger partial charge in [0.1, 0.15) is 11.3 Å². The van der Waals surface area contributed by atoms with Crippen molar-refractivity contribution in [3.05, 3.63) is 53.8 Å². The van der Waals surface area contributed by atoms with Crippen molar-refractivity contribution >= 4 is 28.5 Å². The van der Waals surface area contributed by atoms with E-state index in [-0.39, 0.29) is 11.3 Å². The Morgan fingerprint density at radius 1 is 1.02 bits per heavy atom. The number of hydrogen-bond acceptors (Lipinski definition) is 6. The number of nitrogens with zero attached hydrogens (tertiary/aromatic N) is 3. The van der Waals surface area contributed by atoms with E-state index in [0.717, 1.165) is 91.4 Å². The summed E-state index contributed by atoms with van der Waals surface area (Å²) in [6, 6.07) is 13.8. The lowest BCUT2D eigenvalue weighted by Gasteiger charge is -2.34. The first-order chi connectivity index (χ1) is 19.2. The monoisotopic (exact) mass is 568 g/mol. The molecule has 2 heterocycles. The summed E-state index contributed by atoms with van der Waals surface area (Å²) < 4.78 is 11.8. The third kappa shape index (κ3) is 9.23. The van der Waals surface area contributed by atoms with Crippen LogP contribution in [-0.2, 0) is 4.79 Å². The summed E-state index contributed by atoms with van der Waals surface area (Å²) in [7, 11) is 4.14. The molecule has 1 N–H and O–H groups in total. The molecular weight excluding hydrogens is 524 g/mol. The molecule has 4 rings (SSSR count). The number of piperazine rings is 1. The maximum absolute atomic E-state index is 12.4. The molecule has 0 bridgehead atoms. The number of hydrogen-bond donors (Lipinski definition) is 1. The summed E-state index contributed by atoms with van der Waals surface area (Å²) in [5.41, 5.74) is 3.03. The molecule has 218 valence electrons. The van der Waals surface area contributed by atoms with Crippen molar-refractivity contribution in [3.63, 3.8) is 0 Å². The van der Waals surface area contributed by atoms with E-state index in [4.69, 9.17) is 20.8 Å². The van der Waals surface area contributed by atoms with Crippen LogP contribution in [0.25, 0.3) is 22.1 Å². The lowest BCUT2D eigenvalue weighted by atomic mass is 9.93. The Balaban J connectivity index is 1.08. The number of carbonyl (C=O) groups is 1. The molecule has 40 heavy (non-hydrogen) atoms. The molecule has 1 aromatic heterocycles. The summed E-state index contributed by atoms with van der Waals surface area (Å²) in [6.07, 6.45) is 5.11. The molecule has 0 spiro atoms. The molecule has 1 aliphatic heterocycles. The quantitative estimate of drug-likeness (QED) is 0.255. The van der Waals surface area contributed by atoms with Gasteiger partial charge in [-0.05, 0) is 75.1 Å². The second-order valence-electron chi connectivity index (χ2n) is 12.0. The van der Waals surface area contributed by atoms with Crippen LogP contribution in [0.3, 0.4) is 0 Å². The van der Waals surface area contributed by atoms with Gasteiger partial charge in [0.05, 0.1) is 19.4 Å². The number of furan rings is 1. The second kappa shape index (κ2) is 14.4. The first kappa shape index (κ1) is 30.4. The van der Waals surface area contributed by atoms with Crippen molar-refractivity contribution in [2.45, 2.75) is 33.1 Å². The molecule has 1 saturated heterocycles. The summed E-state index contributed by atoms with van der Waals surface area (Å²) in [5, 5.41) is 4.92. The Morgan fingerprint density at radius 2 is 1.75 bits per heavy atom. The largest absolute Gasteiger partial charge is 0.493 e. The minimum Gasteiger partial charge on any atom is -0.493 e. The smallest absolute Gasteiger partial charge is 0.234 e. The van der Waals surface area contributed by atoms with Gasteiger partial charge in [0.25, 0.3) is 0 Å². The normalized spacial score (nSPS) is 15.2. The average Bonchev–Trinajstić information content (AvgIpc) is 3.33. The summed E-state index contributed by atoms with van der Waals surface area (Å²) in [5.74, 6) is 0.972. The number of fused-ring (bicyclic) bond motifs is 1. The molecule has 1 aliphatic rings. The van der Waals surface area contributed by atoms with Gasteiger partial charge in [-0.15, -0.1) is 0 Å². The SMILES string of the molecule is CN(C)CC(C)(C)CNC(=O)CN1CCN(CCCCCOc2ccc3c(-c4ccc(Cl)cc4)coc3c2)CC1. The average molecular weight is 569 g/mol. The van der Waals surface area contributed by atoms with Crippen LogP contribution >= 0.6 is 11.6 Å². The summed E-state index contributed by atoms with van der Waals surface area (Å²) in [4.78, 5) is 19.4. The van der Waals surface area contributed by atoms with E-state index in [1.807, 2.05) is 36.4 Å². The van der Waals surface area contributed by atoms with E-state index >= 15 is 0 Å². The maximum Gasteiger partial charge on any atom is 0.234 e. The van der Waals surface area contributed by atoms with Crippen LogP contribution in [0.1, 0.15) is 33.1 Å². The van der Waals surface area contributed by atoms with E-state index in [2.05, 4.69) is 54.0 Å². The fourth-order valence-electron chi connectivity index (χ4n) is 5.44. The number of carbonyl (C=O) groups excluding carboxylic acids is 1. The first-order valence-electron chi connectivity index (χ1n) is 14.4. The van der Waals surface area contributed by atoms with E-state index < -0.39 is 0 Å². The standard InChI is InChI=1S/C32H45ClN4O3/c1-32(2,24-35(3)4)23-34-31(38)21-37-17-15-36(16-18-37)14-6-5-7-19-39-27-12-13-28-29(22-40-30(28)20-27)25-8-10-26(33)11-9-25/h8-13,20,22H,5-7,14-19,21,23-24H2,1-4H3,(H,34,38). The van der Waals surface area contributed by atoms with Crippen LogP contribution in [0, 0.1) is 5.41 Å². The van der Waals surface area contributed by atoms with E-state index in [0.29, 0.717) is 19.7 Å². The molecule has 0 saturated carbocycles. The Morgan fingerprint density at radius 3 is 2.48 bits per heavy atom.